The molecule has 0 aliphatic heterocycles. The highest BCUT2D eigenvalue weighted by Crippen LogP contribution is 2.29. The van der Waals surface area contributed by atoms with Crippen LogP contribution in [0.2, 0.25) is 5.02 Å². The zero-order valence-corrected chi connectivity index (χ0v) is 9.54. The van der Waals surface area contributed by atoms with Crippen LogP contribution in [-0.4, -0.2) is 4.98 Å². The average Bonchev–Trinajstić information content (AvgIpc) is 2.47. The number of nitrogens with one attached hydrogen (secondary N) is 1. The molecule has 1 aromatic carbocycles. The summed E-state index contributed by atoms with van der Waals surface area (Å²) in [6.07, 6.45) is 3.04. The number of rotatable bonds is 1. The summed E-state index contributed by atoms with van der Waals surface area (Å²) in [6, 6.07) is 4.00. The first-order valence-corrected chi connectivity index (χ1v) is 5.34. The number of fused-ring (bicyclic) bond motifs is 1. The van der Waals surface area contributed by atoms with E-state index in [4.69, 9.17) is 11.6 Å². The second-order valence-electron chi connectivity index (χ2n) is 2.98. The predicted octanol–water partition coefficient (Wildman–Crippen LogP) is 4.15. The molecule has 0 fully saturated rings. The van der Waals surface area contributed by atoms with Gasteiger partial charge in [-0.25, -0.2) is 0 Å². The molecule has 0 amide bonds. The zero-order valence-electron chi connectivity index (χ0n) is 7.20. The van der Waals surface area contributed by atoms with Crippen LogP contribution in [0.15, 0.2) is 22.8 Å². The van der Waals surface area contributed by atoms with Gasteiger partial charge in [0.05, 0.1) is 10.5 Å². The Morgan fingerprint density at radius 2 is 2.23 bits per heavy atom. The van der Waals surface area contributed by atoms with E-state index in [2.05, 4.69) is 33.9 Å². The first-order valence-electron chi connectivity index (χ1n) is 4.17. The molecule has 0 unspecified atom stereocenters. The third-order valence-corrected chi connectivity index (χ3v) is 2.93. The first kappa shape index (κ1) is 9.10. The van der Waals surface area contributed by atoms with Gasteiger partial charge in [0.2, 0.25) is 0 Å². The second-order valence-corrected chi connectivity index (χ2v) is 4.30. The summed E-state index contributed by atoms with van der Waals surface area (Å²) < 4.78 is 1.03. The molecule has 3 heteroatoms. The molecular weight excluding hydrogens is 249 g/mol. The number of aryl methyl sites for hydroxylation is 1. The van der Waals surface area contributed by atoms with Gasteiger partial charge < -0.3 is 4.98 Å². The number of H-pyrrole nitrogens is 1. The Kier molecular flexibility index (Phi) is 2.35. The summed E-state index contributed by atoms with van der Waals surface area (Å²) in [4.78, 5) is 3.18. The average molecular weight is 259 g/mol. The van der Waals surface area contributed by atoms with E-state index in [0.717, 1.165) is 21.4 Å². The van der Waals surface area contributed by atoms with Gasteiger partial charge in [0.1, 0.15) is 0 Å². The normalized spacial score (nSPS) is 11.0. The minimum atomic E-state index is 0.768. The fraction of sp³-hybridized carbons (Fsp3) is 0.200. The summed E-state index contributed by atoms with van der Waals surface area (Å²) in [5, 5.41) is 1.98. The maximum atomic E-state index is 6.07. The molecule has 0 aliphatic carbocycles. The van der Waals surface area contributed by atoms with Gasteiger partial charge in [-0.1, -0.05) is 34.5 Å². The van der Waals surface area contributed by atoms with Crippen LogP contribution in [0.25, 0.3) is 10.9 Å². The Balaban J connectivity index is 2.82. The van der Waals surface area contributed by atoms with Crippen LogP contribution >= 0.6 is 27.5 Å². The minimum Gasteiger partial charge on any atom is -0.360 e. The van der Waals surface area contributed by atoms with Crippen molar-refractivity contribution in [2.24, 2.45) is 0 Å². The van der Waals surface area contributed by atoms with E-state index < -0.39 is 0 Å². The van der Waals surface area contributed by atoms with Crippen LogP contribution < -0.4 is 0 Å². The molecule has 0 aliphatic rings. The molecule has 0 saturated carbocycles. The molecule has 1 N–H and O–H groups in total. The van der Waals surface area contributed by atoms with Crippen molar-refractivity contribution < 1.29 is 0 Å². The largest absolute Gasteiger partial charge is 0.360 e. The highest BCUT2D eigenvalue weighted by molar-refractivity contribution is 9.10. The van der Waals surface area contributed by atoms with Gasteiger partial charge in [-0.2, -0.15) is 0 Å². The van der Waals surface area contributed by atoms with Crippen molar-refractivity contribution in [1.29, 1.82) is 0 Å². The molecule has 0 radical (unpaired) electrons. The Hall–Kier alpha value is -0.470. The van der Waals surface area contributed by atoms with Gasteiger partial charge in [0.25, 0.3) is 0 Å². The Morgan fingerprint density at radius 3 is 2.92 bits per heavy atom. The lowest BCUT2D eigenvalue weighted by molar-refractivity contribution is 1.15. The van der Waals surface area contributed by atoms with Crippen LogP contribution in [0.3, 0.4) is 0 Å². The van der Waals surface area contributed by atoms with Crippen molar-refractivity contribution in [2.45, 2.75) is 13.3 Å². The van der Waals surface area contributed by atoms with Crippen LogP contribution in [0, 0.1) is 0 Å². The highest BCUT2D eigenvalue weighted by atomic mass is 79.9. The van der Waals surface area contributed by atoms with Crippen LogP contribution in [-0.2, 0) is 6.42 Å². The van der Waals surface area contributed by atoms with E-state index in [9.17, 15) is 0 Å². The molecule has 68 valence electrons. The van der Waals surface area contributed by atoms with Gasteiger partial charge >= 0.3 is 0 Å². The van der Waals surface area contributed by atoms with Gasteiger partial charge in [-0.3, -0.25) is 0 Å². The standard InChI is InChI=1S/C10H9BrClN/c1-2-6-5-13-10-8(6)3-7(11)4-9(10)12/h3-5,13H,2H2,1H3. The number of hydrogen-bond donors (Lipinski definition) is 1. The molecule has 1 nitrogen and oxygen atoms in total. The lowest BCUT2D eigenvalue weighted by Crippen LogP contribution is -1.76. The number of halogens is 2. The molecular formula is C10H9BrClN. The fourth-order valence-corrected chi connectivity index (χ4v) is 2.37. The quantitative estimate of drug-likeness (QED) is 0.791. The van der Waals surface area contributed by atoms with Crippen LogP contribution in [0.5, 0.6) is 0 Å². The van der Waals surface area contributed by atoms with Crippen LogP contribution in [0.1, 0.15) is 12.5 Å². The molecule has 0 saturated heterocycles. The van der Waals surface area contributed by atoms with E-state index in [0.29, 0.717) is 0 Å². The van der Waals surface area contributed by atoms with Gasteiger partial charge in [0, 0.05) is 16.1 Å². The molecule has 1 heterocycles. The summed E-state index contributed by atoms with van der Waals surface area (Å²) in [7, 11) is 0. The SMILES string of the molecule is CCc1c[nH]c2c(Cl)cc(Br)cc12. The number of benzene rings is 1. The van der Waals surface area contributed by atoms with Crippen molar-refractivity contribution in [3.63, 3.8) is 0 Å². The lowest BCUT2D eigenvalue weighted by Gasteiger charge is -1.97. The maximum Gasteiger partial charge on any atom is 0.0658 e. The van der Waals surface area contributed by atoms with E-state index in [-0.39, 0.29) is 0 Å². The number of aromatic amines is 1. The Labute approximate surface area is 90.2 Å². The summed E-state index contributed by atoms with van der Waals surface area (Å²) in [5.74, 6) is 0. The number of hydrogen-bond acceptors (Lipinski definition) is 0. The van der Waals surface area contributed by atoms with E-state index >= 15 is 0 Å². The smallest absolute Gasteiger partial charge is 0.0658 e. The van der Waals surface area contributed by atoms with Crippen molar-refractivity contribution >= 4 is 38.4 Å². The molecule has 0 bridgehead atoms. The lowest BCUT2D eigenvalue weighted by atomic mass is 10.1. The molecule has 2 rings (SSSR count). The van der Waals surface area contributed by atoms with Crippen molar-refractivity contribution in [3.05, 3.63) is 33.4 Å². The molecule has 1 aromatic heterocycles. The molecule has 13 heavy (non-hydrogen) atoms. The van der Waals surface area contributed by atoms with E-state index in [1.807, 2.05) is 12.3 Å². The molecule has 2 aromatic rings. The molecule has 0 spiro atoms. The van der Waals surface area contributed by atoms with Gasteiger partial charge in [-0.05, 0) is 24.1 Å². The van der Waals surface area contributed by atoms with E-state index in [1.165, 1.54) is 10.9 Å². The van der Waals surface area contributed by atoms with E-state index in [1.54, 1.807) is 0 Å². The summed E-state index contributed by atoms with van der Waals surface area (Å²) in [5.41, 5.74) is 2.33. The first-order chi connectivity index (χ1) is 6.22. The maximum absolute atomic E-state index is 6.07. The fourth-order valence-electron chi connectivity index (χ4n) is 1.50. The summed E-state index contributed by atoms with van der Waals surface area (Å²) >= 11 is 9.50. The highest BCUT2D eigenvalue weighted by Gasteiger charge is 2.06. The Morgan fingerprint density at radius 1 is 1.46 bits per heavy atom. The zero-order chi connectivity index (χ0) is 9.42. The predicted molar refractivity (Wildman–Crippen MR) is 60.4 cm³/mol. The minimum absolute atomic E-state index is 0.768. The van der Waals surface area contributed by atoms with Crippen molar-refractivity contribution in [3.8, 4) is 0 Å². The number of aromatic nitrogens is 1. The third-order valence-electron chi connectivity index (χ3n) is 2.17. The monoisotopic (exact) mass is 257 g/mol. The van der Waals surface area contributed by atoms with Crippen molar-refractivity contribution in [2.75, 3.05) is 0 Å². The third kappa shape index (κ3) is 1.49. The second kappa shape index (κ2) is 3.35. The Bertz CT molecular complexity index is 447. The van der Waals surface area contributed by atoms with Gasteiger partial charge in [-0.15, -0.1) is 0 Å². The van der Waals surface area contributed by atoms with Crippen molar-refractivity contribution in [1.82, 2.24) is 4.98 Å². The van der Waals surface area contributed by atoms with Gasteiger partial charge in [0.15, 0.2) is 0 Å². The van der Waals surface area contributed by atoms with Crippen LogP contribution in [0.4, 0.5) is 0 Å². The molecule has 0 atom stereocenters. The topological polar surface area (TPSA) is 15.8 Å². The summed E-state index contributed by atoms with van der Waals surface area (Å²) in [6.45, 7) is 2.14.